The number of rotatable bonds is 14. The van der Waals surface area contributed by atoms with Gasteiger partial charge in [0.2, 0.25) is 0 Å². The van der Waals surface area contributed by atoms with Gasteiger partial charge in [-0.05, 0) is 0 Å². The first kappa shape index (κ1) is 24.6. The van der Waals surface area contributed by atoms with Gasteiger partial charge in [0, 0.05) is 0 Å². The summed E-state index contributed by atoms with van der Waals surface area (Å²) in [6.45, 7) is 8.70. The molecule has 1 nitrogen and oxygen atoms in total. The van der Waals surface area contributed by atoms with Crippen LogP contribution in [0.15, 0.2) is 21.6 Å². The smallest absolute Gasteiger partial charge is 1.00 e. The maximum absolute atomic E-state index is 4.34. The first-order valence-corrected chi connectivity index (χ1v) is 38.8. The zero-order chi connectivity index (χ0) is 19.8. The van der Waals surface area contributed by atoms with Crippen LogP contribution in [0.1, 0.15) is 80.4 Å². The molecule has 0 aromatic carbocycles. The Hall–Kier alpha value is 0.527. The van der Waals surface area contributed by atoms with Crippen LogP contribution in [0, 0.1) is 0 Å². The zero-order valence-electron chi connectivity index (χ0n) is 21.3. The van der Waals surface area contributed by atoms with Gasteiger partial charge in [0.25, 0.3) is 0 Å². The van der Waals surface area contributed by atoms with E-state index in [2.05, 4.69) is 60.3 Å². The van der Waals surface area contributed by atoms with Gasteiger partial charge in [0.15, 0.2) is 0 Å². The van der Waals surface area contributed by atoms with Gasteiger partial charge in [-0.15, -0.1) is 0 Å². The molecule has 0 radical (unpaired) electrons. The number of allylic oxidation sites excluding steroid dienone is 4. The van der Waals surface area contributed by atoms with Crippen molar-refractivity contribution in [3.63, 3.8) is 0 Å². The van der Waals surface area contributed by atoms with Crippen molar-refractivity contribution in [2.24, 2.45) is 0 Å². The second-order valence-electron chi connectivity index (χ2n) is 13.2. The van der Waals surface area contributed by atoms with Crippen LogP contribution in [0.3, 0.4) is 0 Å². The second-order valence-corrected chi connectivity index (χ2v) is 102. The zero-order valence-corrected chi connectivity index (χ0v) is 24.0. The molecule has 1 rings (SSSR count). The molecule has 1 aliphatic rings. The Morgan fingerprint density at radius 1 is 0.885 bits per heavy atom. The average molecular weight is 549 g/mol. The van der Waals surface area contributed by atoms with Crippen molar-refractivity contribution in [3.8, 4) is 0 Å². The van der Waals surface area contributed by atoms with E-state index in [0.717, 1.165) is 0 Å². The maximum atomic E-state index is 4.34. The minimum absolute atomic E-state index is 0. The van der Waals surface area contributed by atoms with E-state index in [1.807, 2.05) is 0 Å². The van der Waals surface area contributed by atoms with Crippen molar-refractivity contribution in [1.29, 1.82) is 0 Å². The average Bonchev–Trinajstić information content (AvgIpc) is 3.09. The monoisotopic (exact) mass is 550 g/mol. The summed E-state index contributed by atoms with van der Waals surface area (Å²) in [6, 6.07) is 0. The summed E-state index contributed by atoms with van der Waals surface area (Å²) in [5.74, 6) is -0.904. The molecule has 26 heavy (non-hydrogen) atoms. The molecule has 0 atom stereocenters. The molecule has 0 saturated carbocycles. The van der Waals surface area contributed by atoms with Crippen LogP contribution in [0.5, 0.6) is 0 Å². The van der Waals surface area contributed by atoms with E-state index < -0.39 is 21.0 Å². The van der Waals surface area contributed by atoms with Crippen LogP contribution in [0.25, 0.3) is 0 Å². The third kappa shape index (κ3) is 5.77. The van der Waals surface area contributed by atoms with Crippen LogP contribution >= 0.6 is 0 Å². The Bertz CT molecular complexity index is 541. The Balaban J connectivity index is 0. The fourth-order valence-corrected chi connectivity index (χ4v) is 34.4. The summed E-state index contributed by atoms with van der Waals surface area (Å²) in [4.78, 5) is 0. The Labute approximate surface area is 164 Å². The van der Waals surface area contributed by atoms with Gasteiger partial charge in [0.05, 0.1) is 0 Å². The first-order valence-electron chi connectivity index (χ1n) is 11.7. The molecule has 0 fully saturated rings. The molecule has 1 aliphatic carbocycles. The SMILES string of the molecule is CCCCCCCCCCCC[NH][Hf]([CH3])([CH3])([CH3])([CH3])([C]1=CC=CC1)[SiH](C)C.[H-].[H-]. The van der Waals surface area contributed by atoms with Crippen molar-refractivity contribution in [2.75, 3.05) is 6.54 Å². The van der Waals surface area contributed by atoms with E-state index in [1.165, 1.54) is 77.2 Å². The number of unbranched alkanes of at least 4 members (excludes halogenated alkanes) is 9. The predicted octanol–water partition coefficient (Wildman–Crippen LogP) is 8.42. The number of hydrogen-bond donors (Lipinski definition) is 1. The summed E-state index contributed by atoms with van der Waals surface area (Å²) in [5, 5.41) is 0. The minimum atomic E-state index is -4.06. The molecule has 0 aromatic heterocycles. The molecule has 159 valence electrons. The summed E-state index contributed by atoms with van der Waals surface area (Å²) >= 11 is -4.06. The van der Waals surface area contributed by atoms with E-state index in [1.54, 1.807) is 3.33 Å². The van der Waals surface area contributed by atoms with Crippen LogP contribution < -0.4 is 3.30 Å². The second kappa shape index (κ2) is 8.11. The van der Waals surface area contributed by atoms with Crippen molar-refractivity contribution < 1.29 is 17.9 Å². The Morgan fingerprint density at radius 3 is 1.81 bits per heavy atom. The molecule has 0 aliphatic heterocycles. The van der Waals surface area contributed by atoms with Crippen LogP contribution in [-0.4, -0.2) is 12.5 Å². The molecule has 0 bridgehead atoms. The van der Waals surface area contributed by atoms with Crippen molar-refractivity contribution in [3.05, 3.63) is 21.6 Å². The van der Waals surface area contributed by atoms with Gasteiger partial charge >= 0.3 is 155 Å². The third-order valence-electron chi connectivity index (χ3n) is 8.84. The fourth-order valence-electron chi connectivity index (χ4n) is 4.41. The molecule has 0 spiro atoms. The molecular weight excluding hydrogens is 497 g/mol. The molecule has 0 unspecified atom stereocenters. The van der Waals surface area contributed by atoms with E-state index in [9.17, 15) is 0 Å². The van der Waals surface area contributed by atoms with Gasteiger partial charge in [-0.1, -0.05) is 6.92 Å². The van der Waals surface area contributed by atoms with Gasteiger partial charge in [-0.2, -0.15) is 0 Å². The predicted molar refractivity (Wildman–Crippen MR) is 126 cm³/mol. The molecule has 0 saturated heterocycles. The van der Waals surface area contributed by atoms with Crippen LogP contribution in [0.2, 0.25) is 31.8 Å². The maximum Gasteiger partial charge on any atom is -1.00 e. The van der Waals surface area contributed by atoms with Crippen LogP contribution in [-0.2, 0) is 15.0 Å². The number of hydrogen-bond acceptors (Lipinski definition) is 1. The quantitative estimate of drug-likeness (QED) is 0.170. The standard InChI is InChI=1S/C12H26N.C5H5.C2H7Si.4CH3.Hf.2H/c1-2-3-4-5-6-7-8-9-10-11-12-13;1-2-4-5-3-1;1-3-2;;;;;;;/h13H,2-12H2,1H3;1-3H,4H2;3H,1-2H3;4*1H3;;;/q-1;;;;;;;+1;2*-1. The van der Waals surface area contributed by atoms with Crippen molar-refractivity contribution in [1.82, 2.24) is 3.30 Å². The van der Waals surface area contributed by atoms with E-state index in [4.69, 9.17) is 0 Å². The molecule has 1 N–H and O–H groups in total. The van der Waals surface area contributed by atoms with Gasteiger partial charge in [0.1, 0.15) is 0 Å². The molecule has 0 amide bonds. The summed E-state index contributed by atoms with van der Waals surface area (Å²) in [7, 11) is 0. The summed E-state index contributed by atoms with van der Waals surface area (Å²) in [5.41, 5.74) is 0. The molecule has 3 heteroatoms. The Morgan fingerprint density at radius 2 is 1.38 bits per heavy atom. The van der Waals surface area contributed by atoms with Gasteiger partial charge in [-0.3, -0.25) is 0 Å². The number of nitrogens with one attached hydrogen (secondary N) is 1. The van der Waals surface area contributed by atoms with Gasteiger partial charge < -0.3 is 2.85 Å². The van der Waals surface area contributed by atoms with Crippen molar-refractivity contribution in [2.45, 2.75) is 109 Å². The largest absolute Gasteiger partial charge is 1.00 e. The van der Waals surface area contributed by atoms with E-state index in [0.29, 0.717) is 0 Å². The molecular formula is C23H52HfNSi-2. The fraction of sp³-hybridized carbons (Fsp3) is 0.826. The first-order chi connectivity index (χ1) is 11.9. The minimum Gasteiger partial charge on any atom is -1.00 e. The summed E-state index contributed by atoms with van der Waals surface area (Å²) in [6.07, 6.45) is 22.5. The van der Waals surface area contributed by atoms with Crippen molar-refractivity contribution >= 4 is 5.98 Å². The molecule has 0 heterocycles. The van der Waals surface area contributed by atoms with E-state index >= 15 is 0 Å². The van der Waals surface area contributed by atoms with E-state index in [-0.39, 0.29) is 2.85 Å². The normalized spacial score (nSPS) is 19.1. The van der Waals surface area contributed by atoms with Gasteiger partial charge in [-0.25, -0.2) is 0 Å². The van der Waals surface area contributed by atoms with Crippen LogP contribution in [0.4, 0.5) is 0 Å². The third-order valence-corrected chi connectivity index (χ3v) is 102. The summed E-state index contributed by atoms with van der Waals surface area (Å²) < 4.78 is 16.9. The topological polar surface area (TPSA) is 12.0 Å². The Kier molecular flexibility index (Phi) is 7.66. The molecule has 0 aromatic rings.